The number of Topliss-reactive ketones (excluding diaryl/α,β-unsaturated/α-hetero) is 1. The van der Waals surface area contributed by atoms with E-state index in [-0.39, 0.29) is 16.9 Å². The second-order valence-electron chi connectivity index (χ2n) is 8.74. The Balaban J connectivity index is 1.63. The molecule has 1 fully saturated rings. The predicted molar refractivity (Wildman–Crippen MR) is 116 cm³/mol. The highest BCUT2D eigenvalue weighted by Crippen LogP contribution is 2.35. The molecule has 5 heteroatoms. The first kappa shape index (κ1) is 20.3. The summed E-state index contributed by atoms with van der Waals surface area (Å²) >= 11 is 2.21. The lowest BCUT2D eigenvalue weighted by molar-refractivity contribution is 0.0864. The Kier molecular flexibility index (Phi) is 5.91. The van der Waals surface area contributed by atoms with Gasteiger partial charge < -0.3 is 10.1 Å². The zero-order chi connectivity index (χ0) is 19.7. The number of carbonyl (C=O) groups excluding carboxylic acids is 1. The molecule has 0 saturated carbocycles. The summed E-state index contributed by atoms with van der Waals surface area (Å²) < 4.78 is 6.80. The van der Waals surface area contributed by atoms with Crippen molar-refractivity contribution in [1.82, 2.24) is 10.3 Å². The van der Waals surface area contributed by atoms with Crippen LogP contribution < -0.4 is 10.1 Å². The van der Waals surface area contributed by atoms with E-state index in [2.05, 4.69) is 60.6 Å². The summed E-state index contributed by atoms with van der Waals surface area (Å²) in [4.78, 5) is 17.0. The van der Waals surface area contributed by atoms with Crippen molar-refractivity contribution in [3.05, 3.63) is 51.7 Å². The van der Waals surface area contributed by atoms with Gasteiger partial charge in [0.05, 0.1) is 0 Å². The molecule has 1 N–H and O–H groups in total. The number of aromatic nitrogens is 1. The summed E-state index contributed by atoms with van der Waals surface area (Å²) in [6.07, 6.45) is 4.38. The Bertz CT molecular complexity index is 782. The van der Waals surface area contributed by atoms with Gasteiger partial charge in [0.15, 0.2) is 5.78 Å². The van der Waals surface area contributed by atoms with Crippen LogP contribution in [0.1, 0.15) is 57.3 Å². The van der Waals surface area contributed by atoms with E-state index < -0.39 is 0 Å². The third kappa shape index (κ3) is 5.75. The Morgan fingerprint density at radius 1 is 1.11 bits per heavy atom. The minimum atomic E-state index is 0.0604. The fourth-order valence-corrected chi connectivity index (χ4v) is 4.63. The van der Waals surface area contributed by atoms with Crippen LogP contribution in [0.3, 0.4) is 0 Å². The van der Waals surface area contributed by atoms with Crippen molar-refractivity contribution in [3.8, 4) is 11.6 Å². The second-order valence-corrected chi connectivity index (χ2v) is 9.98. The Morgan fingerprint density at radius 3 is 2.30 bits per heavy atom. The molecule has 0 unspecified atom stereocenters. The maximum absolute atomic E-state index is 12.8. The van der Waals surface area contributed by atoms with Crippen molar-refractivity contribution in [1.29, 1.82) is 0 Å². The number of halogens is 1. The highest BCUT2D eigenvalue weighted by atomic mass is 127. The summed E-state index contributed by atoms with van der Waals surface area (Å²) in [5.74, 6) is 1.83. The first-order valence-electron chi connectivity index (χ1n) is 9.34. The van der Waals surface area contributed by atoms with Gasteiger partial charge in [-0.25, -0.2) is 4.98 Å². The number of nitrogens with zero attached hydrogens (tertiary/aromatic N) is 1. The molecule has 0 aliphatic carbocycles. The van der Waals surface area contributed by atoms with Crippen molar-refractivity contribution >= 4 is 28.4 Å². The summed E-state index contributed by atoms with van der Waals surface area (Å²) in [5, 5.41) is 3.67. The quantitative estimate of drug-likeness (QED) is 0.449. The number of hydrogen-bond donors (Lipinski definition) is 1. The van der Waals surface area contributed by atoms with Gasteiger partial charge in [0, 0.05) is 38.9 Å². The highest BCUT2D eigenvalue weighted by Gasteiger charge is 2.38. The Labute approximate surface area is 175 Å². The average molecular weight is 478 g/mol. The van der Waals surface area contributed by atoms with E-state index in [1.807, 2.05) is 36.4 Å². The van der Waals surface area contributed by atoms with Gasteiger partial charge in [-0.15, -0.1) is 0 Å². The van der Waals surface area contributed by atoms with Crippen molar-refractivity contribution in [3.63, 3.8) is 0 Å². The molecule has 2 heterocycles. The molecule has 0 atom stereocenters. The van der Waals surface area contributed by atoms with Crippen molar-refractivity contribution in [2.45, 2.75) is 58.0 Å². The number of ether oxygens (including phenoxy) is 1. The van der Waals surface area contributed by atoms with Crippen LogP contribution in [0.5, 0.6) is 11.6 Å². The largest absolute Gasteiger partial charge is 0.439 e. The van der Waals surface area contributed by atoms with E-state index in [0.717, 1.165) is 22.0 Å². The van der Waals surface area contributed by atoms with Crippen LogP contribution in [-0.4, -0.2) is 21.8 Å². The average Bonchev–Trinajstić information content (AvgIpc) is 2.54. The van der Waals surface area contributed by atoms with Crippen LogP contribution in [0.15, 0.2) is 42.6 Å². The molecule has 0 bridgehead atoms. The number of carbonyl (C=O) groups is 1. The third-order valence-corrected chi connectivity index (χ3v) is 5.49. The van der Waals surface area contributed by atoms with Crippen LogP contribution in [-0.2, 0) is 0 Å². The number of piperidine rings is 1. The molecule has 0 amide bonds. The molecule has 0 spiro atoms. The van der Waals surface area contributed by atoms with E-state index in [1.54, 1.807) is 6.20 Å². The first-order chi connectivity index (χ1) is 12.6. The fourth-order valence-electron chi connectivity index (χ4n) is 4.31. The zero-order valence-electron chi connectivity index (χ0n) is 16.4. The monoisotopic (exact) mass is 478 g/mol. The Morgan fingerprint density at radius 2 is 1.74 bits per heavy atom. The normalized spacial score (nSPS) is 18.9. The number of hydrogen-bond acceptors (Lipinski definition) is 4. The van der Waals surface area contributed by atoms with Gasteiger partial charge >= 0.3 is 0 Å². The minimum Gasteiger partial charge on any atom is -0.439 e. The minimum absolute atomic E-state index is 0.0604. The van der Waals surface area contributed by atoms with Gasteiger partial charge in [0.25, 0.3) is 0 Å². The maximum atomic E-state index is 12.8. The molecule has 1 saturated heterocycles. The van der Waals surface area contributed by atoms with Crippen LogP contribution in [0, 0.1) is 9.49 Å². The van der Waals surface area contributed by atoms with E-state index in [0.29, 0.717) is 24.0 Å². The topological polar surface area (TPSA) is 51.2 Å². The van der Waals surface area contributed by atoms with Gasteiger partial charge in [-0.2, -0.15) is 0 Å². The van der Waals surface area contributed by atoms with Crippen molar-refractivity contribution in [2.24, 2.45) is 5.92 Å². The van der Waals surface area contributed by atoms with Crippen LogP contribution in [0.2, 0.25) is 0 Å². The SMILES string of the molecule is CC1(C)CC(CC(=O)c2ccc(Oc3ccc(I)cn3)cc2)CC(C)(C)N1. The first-order valence-corrected chi connectivity index (χ1v) is 10.4. The standard InChI is InChI=1S/C22H27IN2O2/c1-21(2)12-15(13-22(3,4)25-21)11-19(26)16-5-8-18(9-6-16)27-20-10-7-17(23)14-24-20/h5-10,14-15,25H,11-13H2,1-4H3. The fraction of sp³-hybridized carbons (Fsp3) is 0.455. The molecule has 27 heavy (non-hydrogen) atoms. The van der Waals surface area contributed by atoms with Crippen molar-refractivity contribution < 1.29 is 9.53 Å². The molecule has 1 aliphatic rings. The van der Waals surface area contributed by atoms with E-state index >= 15 is 0 Å². The molecule has 1 aliphatic heterocycles. The molecular formula is C22H27IN2O2. The van der Waals surface area contributed by atoms with Gasteiger partial charge in [-0.1, -0.05) is 0 Å². The lowest BCUT2D eigenvalue weighted by atomic mass is 9.74. The van der Waals surface area contributed by atoms with E-state index in [4.69, 9.17) is 4.74 Å². The van der Waals surface area contributed by atoms with Crippen molar-refractivity contribution in [2.75, 3.05) is 0 Å². The maximum Gasteiger partial charge on any atom is 0.219 e. The number of rotatable bonds is 5. The molecule has 4 nitrogen and oxygen atoms in total. The molecule has 1 aromatic heterocycles. The summed E-state index contributed by atoms with van der Waals surface area (Å²) in [5.41, 5.74) is 0.863. The smallest absolute Gasteiger partial charge is 0.219 e. The van der Waals surface area contributed by atoms with Gasteiger partial charge in [0.2, 0.25) is 5.88 Å². The molecular weight excluding hydrogens is 451 g/mol. The van der Waals surface area contributed by atoms with Crippen LogP contribution in [0.25, 0.3) is 0 Å². The van der Waals surface area contributed by atoms with Crippen LogP contribution >= 0.6 is 22.6 Å². The molecule has 0 radical (unpaired) electrons. The Hall–Kier alpha value is -1.47. The second kappa shape index (κ2) is 7.87. The number of nitrogens with one attached hydrogen (secondary N) is 1. The zero-order valence-corrected chi connectivity index (χ0v) is 18.5. The lowest BCUT2D eigenvalue weighted by Gasteiger charge is -2.46. The number of benzene rings is 1. The van der Waals surface area contributed by atoms with E-state index in [1.165, 1.54) is 0 Å². The van der Waals surface area contributed by atoms with E-state index in [9.17, 15) is 4.79 Å². The van der Waals surface area contributed by atoms with Gasteiger partial charge in [0.1, 0.15) is 5.75 Å². The summed E-state index contributed by atoms with van der Waals surface area (Å²) in [6.45, 7) is 8.87. The molecule has 3 rings (SSSR count). The van der Waals surface area contributed by atoms with Gasteiger partial charge in [-0.05, 0) is 99.4 Å². The summed E-state index contributed by atoms with van der Waals surface area (Å²) in [7, 11) is 0. The highest BCUT2D eigenvalue weighted by molar-refractivity contribution is 14.1. The molecule has 1 aromatic carbocycles. The summed E-state index contributed by atoms with van der Waals surface area (Å²) in [6, 6.07) is 11.2. The predicted octanol–water partition coefficient (Wildman–Crippen LogP) is 5.61. The lowest BCUT2D eigenvalue weighted by Crippen LogP contribution is -2.57. The van der Waals surface area contributed by atoms with Crippen LogP contribution in [0.4, 0.5) is 0 Å². The molecule has 2 aromatic rings. The third-order valence-electron chi connectivity index (χ3n) is 4.85. The molecule has 144 valence electrons. The van der Waals surface area contributed by atoms with Gasteiger partial charge in [-0.3, -0.25) is 4.79 Å². The number of ketones is 1. The number of pyridine rings is 1.